The van der Waals surface area contributed by atoms with E-state index < -0.39 is 0 Å². The van der Waals surface area contributed by atoms with Crippen LogP contribution in [0, 0.1) is 6.92 Å². The van der Waals surface area contributed by atoms with E-state index >= 15 is 0 Å². The third-order valence-electron chi connectivity index (χ3n) is 3.37. The zero-order valence-corrected chi connectivity index (χ0v) is 15.1. The molecule has 0 saturated carbocycles. The third kappa shape index (κ3) is 4.82. The summed E-state index contributed by atoms with van der Waals surface area (Å²) in [5.74, 6) is -0.119. The molecule has 0 atom stereocenters. The summed E-state index contributed by atoms with van der Waals surface area (Å²) < 4.78 is 0. The van der Waals surface area contributed by atoms with E-state index in [0.717, 1.165) is 27.6 Å². The minimum absolute atomic E-state index is 0.119. The maximum absolute atomic E-state index is 12.0. The Morgan fingerprint density at radius 3 is 2.96 bits per heavy atom. The maximum atomic E-state index is 12.0. The van der Waals surface area contributed by atoms with Crippen LogP contribution in [0.3, 0.4) is 0 Å². The second-order valence-corrected chi connectivity index (χ2v) is 6.62. The molecule has 0 bridgehead atoms. The van der Waals surface area contributed by atoms with Crippen molar-refractivity contribution in [2.75, 3.05) is 11.9 Å². The molecule has 0 unspecified atom stereocenters. The highest BCUT2D eigenvalue weighted by Crippen LogP contribution is 2.21. The van der Waals surface area contributed by atoms with Crippen LogP contribution in [0.2, 0.25) is 5.02 Å². The van der Waals surface area contributed by atoms with Crippen LogP contribution in [0.25, 0.3) is 10.7 Å². The molecule has 0 aliphatic carbocycles. The Morgan fingerprint density at radius 2 is 2.20 bits per heavy atom. The molecule has 2 aromatic heterocycles. The molecule has 0 aliphatic heterocycles. The molecule has 3 rings (SSSR count). The Kier molecular flexibility index (Phi) is 5.70. The van der Waals surface area contributed by atoms with E-state index in [2.05, 4.69) is 25.6 Å². The molecule has 0 saturated heterocycles. The lowest BCUT2D eigenvalue weighted by molar-refractivity contribution is -0.115. The van der Waals surface area contributed by atoms with Crippen molar-refractivity contribution in [2.24, 2.45) is 0 Å². The van der Waals surface area contributed by atoms with E-state index in [-0.39, 0.29) is 12.5 Å². The predicted octanol–water partition coefficient (Wildman–Crippen LogP) is 3.29. The van der Waals surface area contributed by atoms with Gasteiger partial charge in [-0.1, -0.05) is 11.6 Å². The van der Waals surface area contributed by atoms with Gasteiger partial charge < -0.3 is 10.6 Å². The molecule has 0 fully saturated rings. The summed E-state index contributed by atoms with van der Waals surface area (Å²) in [6.45, 7) is 2.59. The van der Waals surface area contributed by atoms with Gasteiger partial charge in [0.25, 0.3) is 0 Å². The van der Waals surface area contributed by atoms with E-state index in [0.29, 0.717) is 11.6 Å². The van der Waals surface area contributed by atoms with E-state index in [1.165, 1.54) is 11.3 Å². The van der Waals surface area contributed by atoms with Gasteiger partial charge in [-0.25, -0.2) is 4.98 Å². The van der Waals surface area contributed by atoms with Crippen molar-refractivity contribution in [1.82, 2.24) is 20.3 Å². The summed E-state index contributed by atoms with van der Waals surface area (Å²) >= 11 is 7.48. The number of carbonyl (C=O) groups excluding carboxylic acids is 1. The lowest BCUT2D eigenvalue weighted by atomic mass is 10.2. The molecular weight excluding hydrogens is 358 g/mol. The summed E-state index contributed by atoms with van der Waals surface area (Å²) in [5, 5.41) is 9.35. The van der Waals surface area contributed by atoms with Gasteiger partial charge in [-0.15, -0.1) is 11.3 Å². The highest BCUT2D eigenvalue weighted by molar-refractivity contribution is 7.13. The zero-order chi connectivity index (χ0) is 17.6. The summed E-state index contributed by atoms with van der Waals surface area (Å²) in [4.78, 5) is 24.7. The number of nitrogens with zero attached hydrogens (tertiary/aromatic N) is 3. The number of hydrogen-bond acceptors (Lipinski definition) is 6. The fraction of sp³-hybridized carbons (Fsp3) is 0.176. The van der Waals surface area contributed by atoms with Crippen LogP contribution in [-0.2, 0) is 11.3 Å². The highest BCUT2D eigenvalue weighted by atomic mass is 35.5. The first-order valence-corrected chi connectivity index (χ1v) is 8.85. The molecule has 2 heterocycles. The second kappa shape index (κ2) is 8.15. The average molecular weight is 374 g/mol. The number of benzene rings is 1. The number of hydrogen-bond donors (Lipinski definition) is 2. The molecule has 0 spiro atoms. The second-order valence-electron chi connectivity index (χ2n) is 5.35. The molecule has 1 aromatic carbocycles. The monoisotopic (exact) mass is 373 g/mol. The number of aromatic nitrogens is 3. The van der Waals surface area contributed by atoms with Gasteiger partial charge in [0.2, 0.25) is 5.91 Å². The number of rotatable bonds is 6. The molecular formula is C17H16ClN5OS. The largest absolute Gasteiger partial charge is 0.325 e. The third-order valence-corrected chi connectivity index (χ3v) is 4.71. The van der Waals surface area contributed by atoms with Crippen molar-refractivity contribution in [3.05, 3.63) is 58.4 Å². The van der Waals surface area contributed by atoms with Crippen molar-refractivity contribution in [3.63, 3.8) is 0 Å². The number of aryl methyl sites for hydroxylation is 1. The minimum Gasteiger partial charge on any atom is -0.325 e. The summed E-state index contributed by atoms with van der Waals surface area (Å²) in [5.41, 5.74) is 3.26. The first-order valence-electron chi connectivity index (χ1n) is 7.59. The smallest absolute Gasteiger partial charge is 0.238 e. The van der Waals surface area contributed by atoms with Crippen molar-refractivity contribution < 1.29 is 4.79 Å². The highest BCUT2D eigenvalue weighted by Gasteiger charge is 2.07. The number of thiazole rings is 1. The maximum Gasteiger partial charge on any atom is 0.238 e. The molecule has 2 N–H and O–H groups in total. The van der Waals surface area contributed by atoms with Crippen molar-refractivity contribution >= 4 is 34.5 Å². The SMILES string of the molecule is Cc1cc(NC(=O)CNCc2csc(-c3cnccn3)n2)ccc1Cl. The Bertz CT molecular complexity index is 868. The van der Waals surface area contributed by atoms with Crippen LogP contribution >= 0.6 is 22.9 Å². The lowest BCUT2D eigenvalue weighted by Crippen LogP contribution is -2.27. The average Bonchev–Trinajstić information content (AvgIpc) is 3.08. The van der Waals surface area contributed by atoms with Crippen LogP contribution in [-0.4, -0.2) is 27.4 Å². The van der Waals surface area contributed by atoms with Crippen molar-refractivity contribution in [3.8, 4) is 10.7 Å². The van der Waals surface area contributed by atoms with E-state index in [4.69, 9.17) is 11.6 Å². The van der Waals surface area contributed by atoms with E-state index in [9.17, 15) is 4.79 Å². The van der Waals surface area contributed by atoms with Gasteiger partial charge in [0.1, 0.15) is 10.7 Å². The van der Waals surface area contributed by atoms with Gasteiger partial charge in [0.15, 0.2) is 0 Å². The minimum atomic E-state index is -0.119. The fourth-order valence-corrected chi connectivity index (χ4v) is 3.04. The number of nitrogens with one attached hydrogen (secondary N) is 2. The zero-order valence-electron chi connectivity index (χ0n) is 13.5. The van der Waals surface area contributed by atoms with Gasteiger partial charge in [-0.3, -0.25) is 14.8 Å². The van der Waals surface area contributed by atoms with Crippen molar-refractivity contribution in [2.45, 2.75) is 13.5 Å². The molecule has 25 heavy (non-hydrogen) atoms. The summed E-state index contributed by atoms with van der Waals surface area (Å²) in [7, 11) is 0. The van der Waals surface area contributed by atoms with Crippen molar-refractivity contribution in [1.29, 1.82) is 0 Å². The fourth-order valence-electron chi connectivity index (χ4n) is 2.15. The molecule has 0 aliphatic rings. The number of amides is 1. The number of anilines is 1. The Balaban J connectivity index is 1.48. The van der Waals surface area contributed by atoms with Crippen LogP contribution in [0.15, 0.2) is 42.2 Å². The molecule has 0 radical (unpaired) electrons. The topological polar surface area (TPSA) is 79.8 Å². The quantitative estimate of drug-likeness (QED) is 0.693. The van der Waals surface area contributed by atoms with E-state index in [1.54, 1.807) is 30.7 Å². The Morgan fingerprint density at radius 1 is 1.32 bits per heavy atom. The molecule has 8 heteroatoms. The molecule has 6 nitrogen and oxygen atoms in total. The van der Waals surface area contributed by atoms with Crippen LogP contribution in [0.5, 0.6) is 0 Å². The van der Waals surface area contributed by atoms with Gasteiger partial charge in [-0.2, -0.15) is 0 Å². The normalized spacial score (nSPS) is 10.6. The Hall–Kier alpha value is -2.35. The van der Waals surface area contributed by atoms with E-state index in [1.807, 2.05) is 18.4 Å². The van der Waals surface area contributed by atoms with Crippen LogP contribution in [0.4, 0.5) is 5.69 Å². The first kappa shape index (κ1) is 17.5. The lowest BCUT2D eigenvalue weighted by Gasteiger charge is -2.07. The molecule has 1 amide bonds. The van der Waals surface area contributed by atoms with Gasteiger partial charge in [-0.05, 0) is 30.7 Å². The molecule has 3 aromatic rings. The standard InChI is InChI=1S/C17H16ClN5OS/c1-11-6-12(2-3-14(11)18)22-16(24)9-20-7-13-10-25-17(23-13)15-8-19-4-5-21-15/h2-6,8,10,20H,7,9H2,1H3,(H,22,24). The van der Waals surface area contributed by atoms with Gasteiger partial charge >= 0.3 is 0 Å². The number of carbonyl (C=O) groups is 1. The number of halogens is 1. The Labute approximate surface area is 154 Å². The summed E-state index contributed by atoms with van der Waals surface area (Å²) in [6, 6.07) is 5.39. The molecule has 128 valence electrons. The summed E-state index contributed by atoms with van der Waals surface area (Å²) in [6.07, 6.45) is 4.94. The first-order chi connectivity index (χ1) is 12.1. The van der Waals surface area contributed by atoms with Crippen LogP contribution < -0.4 is 10.6 Å². The van der Waals surface area contributed by atoms with Gasteiger partial charge in [0, 0.05) is 35.0 Å². The predicted molar refractivity (Wildman–Crippen MR) is 99.7 cm³/mol. The van der Waals surface area contributed by atoms with Crippen LogP contribution in [0.1, 0.15) is 11.3 Å². The van der Waals surface area contributed by atoms with Gasteiger partial charge in [0.05, 0.1) is 18.4 Å².